The smallest absolute Gasteiger partial charge is 0.269 e. The van der Waals surface area contributed by atoms with Gasteiger partial charge in [-0.15, -0.1) is 0 Å². The second kappa shape index (κ2) is 6.56. The first kappa shape index (κ1) is 14.5. The van der Waals surface area contributed by atoms with Gasteiger partial charge in [0, 0.05) is 24.5 Å². The van der Waals surface area contributed by atoms with Crippen LogP contribution in [0.2, 0.25) is 0 Å². The van der Waals surface area contributed by atoms with Gasteiger partial charge in [0.2, 0.25) is 0 Å². The Morgan fingerprint density at radius 3 is 2.73 bits per heavy atom. The van der Waals surface area contributed by atoms with E-state index in [4.69, 9.17) is 0 Å². The van der Waals surface area contributed by atoms with Crippen LogP contribution >= 0.6 is 0 Å². The lowest BCUT2D eigenvalue weighted by molar-refractivity contribution is 0.0949. The van der Waals surface area contributed by atoms with Crippen LogP contribution in [0.5, 0.6) is 0 Å². The third-order valence-electron chi connectivity index (χ3n) is 3.55. The van der Waals surface area contributed by atoms with Crippen molar-refractivity contribution in [3.05, 3.63) is 59.7 Å². The molecule has 0 spiro atoms. The van der Waals surface area contributed by atoms with E-state index in [9.17, 15) is 9.18 Å². The molecule has 114 valence electrons. The summed E-state index contributed by atoms with van der Waals surface area (Å²) in [5.41, 5.74) is 2.32. The Bertz CT molecular complexity index is 653. The monoisotopic (exact) mass is 299 g/mol. The van der Waals surface area contributed by atoms with Gasteiger partial charge in [0.1, 0.15) is 11.5 Å². The molecule has 1 aliphatic carbocycles. The van der Waals surface area contributed by atoms with Gasteiger partial charge >= 0.3 is 0 Å². The van der Waals surface area contributed by atoms with Crippen LogP contribution in [0.15, 0.2) is 42.6 Å². The number of amides is 1. The molecule has 3 rings (SSSR count). The van der Waals surface area contributed by atoms with Crippen LogP contribution < -0.4 is 10.6 Å². The number of benzene rings is 1. The predicted octanol–water partition coefficient (Wildman–Crippen LogP) is 2.77. The predicted molar refractivity (Wildman–Crippen MR) is 83.3 cm³/mol. The Labute approximate surface area is 128 Å². The highest BCUT2D eigenvalue weighted by Crippen LogP contribution is 2.24. The maximum atomic E-state index is 12.8. The molecule has 22 heavy (non-hydrogen) atoms. The van der Waals surface area contributed by atoms with Crippen LogP contribution in [-0.2, 0) is 6.42 Å². The summed E-state index contributed by atoms with van der Waals surface area (Å²) in [6.07, 6.45) is 4.66. The van der Waals surface area contributed by atoms with Gasteiger partial charge in [-0.25, -0.2) is 4.39 Å². The van der Waals surface area contributed by atoms with E-state index in [1.54, 1.807) is 24.4 Å². The zero-order valence-electron chi connectivity index (χ0n) is 12.2. The summed E-state index contributed by atoms with van der Waals surface area (Å²) in [6, 6.07) is 10.5. The second-order valence-corrected chi connectivity index (χ2v) is 5.48. The SMILES string of the molecule is O=C(NCCc1ccc(F)cc1)c1cc(NC2CC2)ccn1. The number of hydrogen-bond acceptors (Lipinski definition) is 3. The number of nitrogens with zero attached hydrogens (tertiary/aromatic N) is 1. The molecule has 1 aromatic carbocycles. The topological polar surface area (TPSA) is 54.0 Å². The molecule has 1 heterocycles. The number of aromatic nitrogens is 1. The molecule has 1 aromatic heterocycles. The fraction of sp³-hybridized carbons (Fsp3) is 0.294. The summed E-state index contributed by atoms with van der Waals surface area (Å²) in [7, 11) is 0. The average Bonchev–Trinajstić information content (AvgIpc) is 3.33. The number of hydrogen-bond donors (Lipinski definition) is 2. The first-order chi connectivity index (χ1) is 10.7. The maximum absolute atomic E-state index is 12.8. The molecule has 0 saturated heterocycles. The molecule has 2 N–H and O–H groups in total. The minimum absolute atomic E-state index is 0.193. The van der Waals surface area contributed by atoms with Gasteiger partial charge in [0.05, 0.1) is 0 Å². The standard InChI is InChI=1S/C17H18FN3O/c18-13-3-1-12(2-4-13)7-9-20-17(22)16-11-15(8-10-19-16)21-14-5-6-14/h1-4,8,10-11,14H,5-7,9H2,(H,19,21)(H,20,22). The van der Waals surface area contributed by atoms with Crippen molar-refractivity contribution in [2.45, 2.75) is 25.3 Å². The molecule has 1 amide bonds. The first-order valence-electron chi connectivity index (χ1n) is 7.46. The van der Waals surface area contributed by atoms with Crippen molar-refractivity contribution in [1.29, 1.82) is 0 Å². The third kappa shape index (κ3) is 4.04. The van der Waals surface area contributed by atoms with Gasteiger partial charge in [-0.2, -0.15) is 0 Å². The number of nitrogens with one attached hydrogen (secondary N) is 2. The van der Waals surface area contributed by atoms with Crippen LogP contribution in [0, 0.1) is 5.82 Å². The van der Waals surface area contributed by atoms with Crippen molar-refractivity contribution in [2.75, 3.05) is 11.9 Å². The van der Waals surface area contributed by atoms with E-state index in [1.807, 2.05) is 6.07 Å². The number of halogens is 1. The van der Waals surface area contributed by atoms with Crippen molar-refractivity contribution in [3.63, 3.8) is 0 Å². The normalized spacial score (nSPS) is 13.7. The third-order valence-corrected chi connectivity index (χ3v) is 3.55. The van der Waals surface area contributed by atoms with Gasteiger partial charge in [-0.1, -0.05) is 12.1 Å². The molecule has 0 radical (unpaired) electrons. The van der Waals surface area contributed by atoms with E-state index < -0.39 is 0 Å². The van der Waals surface area contributed by atoms with Crippen molar-refractivity contribution >= 4 is 11.6 Å². The molecule has 5 heteroatoms. The quantitative estimate of drug-likeness (QED) is 0.862. The molecule has 0 bridgehead atoms. The van der Waals surface area contributed by atoms with Crippen LogP contribution in [0.3, 0.4) is 0 Å². The van der Waals surface area contributed by atoms with Crippen molar-refractivity contribution in [2.24, 2.45) is 0 Å². The second-order valence-electron chi connectivity index (χ2n) is 5.48. The number of anilines is 1. The average molecular weight is 299 g/mol. The zero-order chi connectivity index (χ0) is 15.4. The van der Waals surface area contributed by atoms with E-state index in [-0.39, 0.29) is 11.7 Å². The van der Waals surface area contributed by atoms with Crippen molar-refractivity contribution in [3.8, 4) is 0 Å². The summed E-state index contributed by atoms with van der Waals surface area (Å²) >= 11 is 0. The van der Waals surface area contributed by atoms with E-state index >= 15 is 0 Å². The lowest BCUT2D eigenvalue weighted by atomic mass is 10.1. The van der Waals surface area contributed by atoms with E-state index in [1.165, 1.54) is 25.0 Å². The Kier molecular flexibility index (Phi) is 4.32. The molecule has 1 saturated carbocycles. The van der Waals surface area contributed by atoms with Gasteiger partial charge in [-0.05, 0) is 49.1 Å². The molecular formula is C17H18FN3O. The summed E-state index contributed by atoms with van der Waals surface area (Å²) in [4.78, 5) is 16.2. The lowest BCUT2D eigenvalue weighted by Gasteiger charge is -2.08. The van der Waals surface area contributed by atoms with Gasteiger partial charge in [0.25, 0.3) is 5.91 Å². The highest BCUT2D eigenvalue weighted by Gasteiger charge is 2.21. The Morgan fingerprint density at radius 1 is 1.23 bits per heavy atom. The number of pyridine rings is 1. The summed E-state index contributed by atoms with van der Waals surface area (Å²) in [5, 5.41) is 6.18. The zero-order valence-corrected chi connectivity index (χ0v) is 12.2. The van der Waals surface area contributed by atoms with E-state index in [0.29, 0.717) is 24.7 Å². The van der Waals surface area contributed by atoms with Crippen molar-refractivity contribution in [1.82, 2.24) is 10.3 Å². The van der Waals surface area contributed by atoms with Crippen LogP contribution in [-0.4, -0.2) is 23.5 Å². The number of carbonyl (C=O) groups is 1. The molecule has 0 atom stereocenters. The molecule has 1 aliphatic rings. The van der Waals surface area contributed by atoms with Crippen molar-refractivity contribution < 1.29 is 9.18 Å². The Hall–Kier alpha value is -2.43. The minimum atomic E-state index is -0.253. The maximum Gasteiger partial charge on any atom is 0.269 e. The fourth-order valence-electron chi connectivity index (χ4n) is 2.17. The molecule has 0 unspecified atom stereocenters. The summed E-state index contributed by atoms with van der Waals surface area (Å²) in [6.45, 7) is 0.492. The first-order valence-corrected chi connectivity index (χ1v) is 7.46. The highest BCUT2D eigenvalue weighted by molar-refractivity contribution is 5.93. The number of rotatable bonds is 6. The largest absolute Gasteiger partial charge is 0.382 e. The van der Waals surface area contributed by atoms with Crippen LogP contribution in [0.1, 0.15) is 28.9 Å². The van der Waals surface area contributed by atoms with E-state index in [0.717, 1.165) is 11.3 Å². The molecule has 0 aliphatic heterocycles. The van der Waals surface area contributed by atoms with Gasteiger partial charge < -0.3 is 10.6 Å². The lowest BCUT2D eigenvalue weighted by Crippen LogP contribution is -2.26. The van der Waals surface area contributed by atoms with Gasteiger partial charge in [0.15, 0.2) is 0 Å². The number of carbonyl (C=O) groups excluding carboxylic acids is 1. The Balaban J connectivity index is 1.51. The minimum Gasteiger partial charge on any atom is -0.382 e. The van der Waals surface area contributed by atoms with Crippen LogP contribution in [0.4, 0.5) is 10.1 Å². The Morgan fingerprint density at radius 2 is 2.00 bits per heavy atom. The summed E-state index contributed by atoms with van der Waals surface area (Å²) in [5.74, 6) is -0.446. The molecule has 4 nitrogen and oxygen atoms in total. The molecule has 2 aromatic rings. The fourth-order valence-corrected chi connectivity index (χ4v) is 2.17. The molecular weight excluding hydrogens is 281 g/mol. The van der Waals surface area contributed by atoms with Crippen LogP contribution in [0.25, 0.3) is 0 Å². The highest BCUT2D eigenvalue weighted by atomic mass is 19.1. The van der Waals surface area contributed by atoms with Gasteiger partial charge in [-0.3, -0.25) is 9.78 Å². The van der Waals surface area contributed by atoms with E-state index in [2.05, 4.69) is 15.6 Å². The summed E-state index contributed by atoms with van der Waals surface area (Å²) < 4.78 is 12.8. The molecule has 1 fully saturated rings.